The van der Waals surface area contributed by atoms with E-state index in [0.29, 0.717) is 64.7 Å². The number of fused-ring (bicyclic) bond motifs is 2. The third kappa shape index (κ3) is 8.97. The molecule has 0 aliphatic carbocycles. The highest BCUT2D eigenvalue weighted by Crippen LogP contribution is 2.41. The van der Waals surface area contributed by atoms with E-state index in [9.17, 15) is 14.7 Å². The zero-order chi connectivity index (χ0) is 41.9. The lowest BCUT2D eigenvalue weighted by Gasteiger charge is -2.37. The average molecular weight is 844 g/mol. The molecule has 11 nitrogen and oxygen atoms in total. The van der Waals surface area contributed by atoms with Gasteiger partial charge in [-0.3, -0.25) is 9.69 Å². The molecule has 2 N–H and O–H groups in total. The van der Waals surface area contributed by atoms with Gasteiger partial charge in [-0.2, -0.15) is 5.26 Å². The minimum absolute atomic E-state index is 0.0935. The standard InChI is InChI=1S/C47H40Cl2N4O7/c1-27-38(28(2)60-52-27)24-53-23-36-21-44-43(58-26-45(59-44)34-12-14-37(15-13-34)57-25-31-7-16-39(48)40(49)17-31)20-35(36)19-42(53)46(54)51-41(47(55)56)18-29-3-8-32(9-4-29)33-10-5-30(22-50)6-11-33/h3-17,20-21,41-42,45H,18-19,23-26H2,1-2H3,(H,51,54)(H,55,56)/t41-,42-,45?/m0/s1. The second-order valence-corrected chi connectivity index (χ2v) is 15.8. The van der Waals surface area contributed by atoms with Crippen molar-refractivity contribution in [2.45, 2.75) is 64.6 Å². The molecule has 0 fully saturated rings. The number of halogens is 2. The van der Waals surface area contributed by atoms with Gasteiger partial charge >= 0.3 is 5.97 Å². The predicted octanol–water partition coefficient (Wildman–Crippen LogP) is 8.97. The monoisotopic (exact) mass is 842 g/mol. The number of rotatable bonds is 12. The van der Waals surface area contributed by atoms with Crippen LogP contribution >= 0.6 is 23.2 Å². The number of aryl methyl sites for hydroxylation is 2. The van der Waals surface area contributed by atoms with Crippen LogP contribution in [0.3, 0.4) is 0 Å². The Morgan fingerprint density at radius 1 is 0.917 bits per heavy atom. The molecule has 2 aliphatic rings. The molecule has 2 aliphatic heterocycles. The number of carbonyl (C=O) groups excluding carboxylic acids is 1. The summed E-state index contributed by atoms with van der Waals surface area (Å²) in [6, 6.07) is 32.0. The number of aromatic nitrogens is 1. The number of carboxylic acids is 1. The summed E-state index contributed by atoms with van der Waals surface area (Å²) in [5, 5.41) is 27.4. The Morgan fingerprint density at radius 2 is 1.62 bits per heavy atom. The first-order chi connectivity index (χ1) is 29.0. The van der Waals surface area contributed by atoms with Crippen molar-refractivity contribution in [3.63, 3.8) is 0 Å². The summed E-state index contributed by atoms with van der Waals surface area (Å²) in [7, 11) is 0. The number of carboxylic acid groups (broad SMARTS) is 1. The van der Waals surface area contributed by atoms with Gasteiger partial charge in [0.15, 0.2) is 17.6 Å². The maximum Gasteiger partial charge on any atom is 0.326 e. The molecule has 6 aromatic rings. The van der Waals surface area contributed by atoms with Crippen LogP contribution in [0.2, 0.25) is 10.0 Å². The lowest BCUT2D eigenvalue weighted by atomic mass is 9.91. The van der Waals surface area contributed by atoms with Gasteiger partial charge in [0.05, 0.1) is 33.4 Å². The van der Waals surface area contributed by atoms with Gasteiger partial charge in [0.2, 0.25) is 5.91 Å². The minimum atomic E-state index is -1.17. The third-order valence-corrected chi connectivity index (χ3v) is 11.7. The molecule has 3 heterocycles. The summed E-state index contributed by atoms with van der Waals surface area (Å²) in [6.07, 6.45) is 0.0520. The number of hydrogen-bond acceptors (Lipinski definition) is 9. The molecule has 0 saturated carbocycles. The Bertz CT molecular complexity index is 2570. The maximum absolute atomic E-state index is 14.2. The molecule has 0 radical (unpaired) electrons. The van der Waals surface area contributed by atoms with Crippen LogP contribution in [0.4, 0.5) is 0 Å². The molecule has 1 amide bonds. The van der Waals surface area contributed by atoms with Crippen LogP contribution < -0.4 is 19.5 Å². The fraction of sp³-hybridized carbons (Fsp3) is 0.234. The van der Waals surface area contributed by atoms with Gasteiger partial charge in [0.1, 0.15) is 30.8 Å². The Hall–Kier alpha value is -6.32. The van der Waals surface area contributed by atoms with Crippen molar-refractivity contribution in [3.8, 4) is 34.4 Å². The van der Waals surface area contributed by atoms with Crippen LogP contribution in [-0.4, -0.2) is 45.7 Å². The molecule has 5 aromatic carbocycles. The van der Waals surface area contributed by atoms with Crippen molar-refractivity contribution in [2.75, 3.05) is 6.61 Å². The average Bonchev–Trinajstić information content (AvgIpc) is 3.58. The molecule has 60 heavy (non-hydrogen) atoms. The summed E-state index contributed by atoms with van der Waals surface area (Å²) >= 11 is 12.2. The second kappa shape index (κ2) is 17.5. The van der Waals surface area contributed by atoms with E-state index >= 15 is 0 Å². The Labute approximate surface area is 357 Å². The first-order valence-corrected chi connectivity index (χ1v) is 20.2. The maximum atomic E-state index is 14.2. The number of nitriles is 1. The van der Waals surface area contributed by atoms with E-state index < -0.39 is 24.0 Å². The van der Waals surface area contributed by atoms with Crippen LogP contribution in [0.15, 0.2) is 108 Å². The van der Waals surface area contributed by atoms with Gasteiger partial charge in [-0.25, -0.2) is 4.79 Å². The van der Waals surface area contributed by atoms with Crippen LogP contribution in [0.5, 0.6) is 17.2 Å². The topological polar surface area (TPSA) is 147 Å². The molecule has 1 unspecified atom stereocenters. The number of ether oxygens (including phenoxy) is 3. The molecule has 0 bridgehead atoms. The summed E-state index contributed by atoms with van der Waals surface area (Å²) in [5.74, 6) is 0.999. The zero-order valence-electron chi connectivity index (χ0n) is 32.8. The fourth-order valence-electron chi connectivity index (χ4n) is 7.57. The van der Waals surface area contributed by atoms with Crippen LogP contribution in [-0.2, 0) is 42.1 Å². The van der Waals surface area contributed by atoms with Crippen molar-refractivity contribution in [1.29, 1.82) is 5.26 Å². The van der Waals surface area contributed by atoms with E-state index in [1.807, 2.05) is 97.6 Å². The number of benzene rings is 5. The first kappa shape index (κ1) is 40.5. The SMILES string of the molecule is Cc1noc(C)c1CN1Cc2cc3c(cc2C[C@H]1C(=O)N[C@@H](Cc1ccc(-c2ccc(C#N)cc2)cc1)C(=O)O)OCC(c1ccc(OCc2ccc(Cl)c(Cl)c2)cc1)O3. The summed E-state index contributed by atoms with van der Waals surface area (Å²) in [5.41, 5.74) is 8.50. The lowest BCUT2D eigenvalue weighted by Crippen LogP contribution is -2.54. The van der Waals surface area contributed by atoms with E-state index in [-0.39, 0.29) is 19.1 Å². The Kier molecular flexibility index (Phi) is 11.8. The number of nitrogens with zero attached hydrogens (tertiary/aromatic N) is 3. The smallest absolute Gasteiger partial charge is 0.326 e. The summed E-state index contributed by atoms with van der Waals surface area (Å²) < 4.78 is 24.2. The van der Waals surface area contributed by atoms with Crippen molar-refractivity contribution < 1.29 is 33.4 Å². The molecule has 0 spiro atoms. The van der Waals surface area contributed by atoms with Crippen molar-refractivity contribution >= 4 is 35.1 Å². The molecule has 3 atom stereocenters. The largest absolute Gasteiger partial charge is 0.489 e. The van der Waals surface area contributed by atoms with Crippen molar-refractivity contribution in [3.05, 3.63) is 164 Å². The number of nitrogens with one attached hydrogen (secondary N) is 1. The van der Waals surface area contributed by atoms with Gasteiger partial charge in [-0.15, -0.1) is 0 Å². The fourth-order valence-corrected chi connectivity index (χ4v) is 7.89. The van der Waals surface area contributed by atoms with Gasteiger partial charge < -0.3 is 29.2 Å². The van der Waals surface area contributed by atoms with E-state index in [1.54, 1.807) is 24.3 Å². The highest BCUT2D eigenvalue weighted by Gasteiger charge is 2.36. The number of amides is 1. The molecule has 1 aromatic heterocycles. The van der Waals surface area contributed by atoms with E-state index in [0.717, 1.165) is 50.2 Å². The highest BCUT2D eigenvalue weighted by molar-refractivity contribution is 6.42. The van der Waals surface area contributed by atoms with E-state index in [1.165, 1.54) is 0 Å². The van der Waals surface area contributed by atoms with Crippen molar-refractivity contribution in [2.24, 2.45) is 0 Å². The zero-order valence-corrected chi connectivity index (χ0v) is 34.3. The highest BCUT2D eigenvalue weighted by atomic mass is 35.5. The van der Waals surface area contributed by atoms with Gasteiger partial charge in [-0.05, 0) is 108 Å². The van der Waals surface area contributed by atoms with E-state index in [2.05, 4.69) is 16.5 Å². The van der Waals surface area contributed by atoms with Crippen LogP contribution in [0, 0.1) is 25.2 Å². The molecular formula is C47H40Cl2N4O7. The van der Waals surface area contributed by atoms with Crippen molar-refractivity contribution in [1.82, 2.24) is 15.4 Å². The van der Waals surface area contributed by atoms with Gasteiger partial charge in [0.25, 0.3) is 0 Å². The number of hydrogen-bond donors (Lipinski definition) is 2. The Balaban J connectivity index is 0.969. The molecule has 8 rings (SSSR count). The first-order valence-electron chi connectivity index (χ1n) is 19.4. The lowest BCUT2D eigenvalue weighted by molar-refractivity contribution is -0.142. The molecule has 13 heteroatoms. The van der Waals surface area contributed by atoms with Gasteiger partial charge in [-0.1, -0.05) is 83.0 Å². The summed E-state index contributed by atoms with van der Waals surface area (Å²) in [6.45, 7) is 5.08. The minimum Gasteiger partial charge on any atom is -0.489 e. The van der Waals surface area contributed by atoms with Crippen LogP contribution in [0.25, 0.3) is 11.1 Å². The summed E-state index contributed by atoms with van der Waals surface area (Å²) in [4.78, 5) is 28.8. The van der Waals surface area contributed by atoms with Gasteiger partial charge in [0, 0.05) is 25.1 Å². The quantitative estimate of drug-likeness (QED) is 0.122. The number of aliphatic carboxylic acids is 1. The molecule has 304 valence electrons. The predicted molar refractivity (Wildman–Crippen MR) is 225 cm³/mol. The Morgan fingerprint density at radius 3 is 2.28 bits per heavy atom. The second-order valence-electron chi connectivity index (χ2n) is 15.0. The third-order valence-electron chi connectivity index (χ3n) is 11.0. The molecular weight excluding hydrogens is 803 g/mol. The van der Waals surface area contributed by atoms with E-state index in [4.69, 9.17) is 47.2 Å². The number of carbonyl (C=O) groups is 2. The van der Waals surface area contributed by atoms with Crippen LogP contribution in [0.1, 0.15) is 56.5 Å². The molecule has 0 saturated heterocycles. The normalized spacial score (nSPS) is 16.3.